The number of aliphatic imine (C=N–C) groups is 1. The highest BCUT2D eigenvalue weighted by Gasteiger charge is 2.36. The lowest BCUT2D eigenvalue weighted by molar-refractivity contribution is -0.128. The number of nitrogens with two attached hydrogens (primary N) is 1. The quantitative estimate of drug-likeness (QED) is 0.837. The van der Waals surface area contributed by atoms with Gasteiger partial charge in [-0.2, -0.15) is 0 Å². The van der Waals surface area contributed by atoms with Gasteiger partial charge in [-0.1, -0.05) is 35.9 Å². The molecule has 3 rings (SSSR count). The molecule has 0 spiro atoms. The fraction of sp³-hybridized carbons (Fsp3) is 0.263. The van der Waals surface area contributed by atoms with Crippen molar-refractivity contribution in [3.8, 4) is 0 Å². The van der Waals surface area contributed by atoms with Crippen LogP contribution in [0.3, 0.4) is 0 Å². The van der Waals surface area contributed by atoms with Crippen molar-refractivity contribution in [2.45, 2.75) is 25.3 Å². The van der Waals surface area contributed by atoms with Gasteiger partial charge < -0.3 is 5.73 Å². The van der Waals surface area contributed by atoms with Crippen molar-refractivity contribution in [3.63, 3.8) is 0 Å². The molecule has 0 bridgehead atoms. The maximum absolute atomic E-state index is 12.4. The van der Waals surface area contributed by atoms with Gasteiger partial charge in [0.15, 0.2) is 11.7 Å². The second kappa shape index (κ2) is 6.88. The molecule has 134 valence electrons. The minimum atomic E-state index is -0.745. The number of Topliss-reactive ketones (excluding diaryl/α,β-unsaturated/α-hetero) is 1. The summed E-state index contributed by atoms with van der Waals surface area (Å²) in [6.07, 6.45) is 1.87. The molecule has 1 amide bonds. The molecule has 2 aromatic rings. The van der Waals surface area contributed by atoms with Crippen molar-refractivity contribution < 1.29 is 9.59 Å². The number of halogens is 1. The van der Waals surface area contributed by atoms with E-state index in [-0.39, 0.29) is 30.5 Å². The smallest absolute Gasteiger partial charge is 0.231 e. The summed E-state index contributed by atoms with van der Waals surface area (Å²) in [6.45, 7) is 1.87. The number of ketones is 1. The molecule has 26 heavy (non-hydrogen) atoms. The normalized spacial score (nSPS) is 20.0. The monoisotopic (exact) mass is 370 g/mol. The average molecular weight is 371 g/mol. The zero-order chi connectivity index (χ0) is 18.9. The first-order chi connectivity index (χ1) is 12.3. The maximum Gasteiger partial charge on any atom is 0.231 e. The number of aromatic nitrogens is 1. The number of pyridine rings is 1. The van der Waals surface area contributed by atoms with Crippen molar-refractivity contribution >= 4 is 29.3 Å². The molecule has 0 saturated carbocycles. The topological polar surface area (TPSA) is 88.7 Å². The number of rotatable bonds is 4. The third kappa shape index (κ3) is 3.60. The Kier molecular flexibility index (Phi) is 4.78. The van der Waals surface area contributed by atoms with Crippen LogP contribution in [0.5, 0.6) is 0 Å². The summed E-state index contributed by atoms with van der Waals surface area (Å²) < 4.78 is 0. The Bertz CT molecular complexity index is 895. The lowest BCUT2D eigenvalue weighted by Gasteiger charge is -2.33. The Balaban J connectivity index is 1.85. The van der Waals surface area contributed by atoms with E-state index in [4.69, 9.17) is 17.3 Å². The molecule has 1 atom stereocenters. The molecule has 0 fully saturated rings. The predicted molar refractivity (Wildman–Crippen MR) is 100 cm³/mol. The van der Waals surface area contributed by atoms with E-state index in [0.29, 0.717) is 10.7 Å². The van der Waals surface area contributed by atoms with E-state index in [1.807, 2.05) is 31.2 Å². The molecule has 2 heterocycles. The third-order valence-corrected chi connectivity index (χ3v) is 4.72. The molecule has 2 N–H and O–H groups in total. The van der Waals surface area contributed by atoms with Crippen LogP contribution in [-0.4, -0.2) is 34.6 Å². The van der Waals surface area contributed by atoms with Crippen LogP contribution in [-0.2, 0) is 16.8 Å². The van der Waals surface area contributed by atoms with E-state index in [2.05, 4.69) is 9.98 Å². The number of nitrogens with zero attached hydrogens (tertiary/aromatic N) is 3. The predicted octanol–water partition coefficient (Wildman–Crippen LogP) is 2.55. The van der Waals surface area contributed by atoms with E-state index >= 15 is 0 Å². The molecule has 0 radical (unpaired) electrons. The van der Waals surface area contributed by atoms with E-state index in [9.17, 15) is 9.59 Å². The Hall–Kier alpha value is -2.73. The number of hydrogen-bond acceptors (Lipinski definition) is 5. The minimum Gasteiger partial charge on any atom is -0.369 e. The lowest BCUT2D eigenvalue weighted by Crippen LogP contribution is -2.47. The summed E-state index contributed by atoms with van der Waals surface area (Å²) in [5.74, 6) is -0.00567. The van der Waals surface area contributed by atoms with Crippen molar-refractivity contribution in [1.82, 2.24) is 9.88 Å². The standard InChI is InChI=1S/C19H19ClN4O2/c1-19(10-17(26)24(2)18(21)23-19)13-5-3-4-12(8-13)9-16(25)15-7-6-14(20)11-22-15/h3-8,11H,9-10H2,1-2H3,(H2,21,23). The summed E-state index contributed by atoms with van der Waals surface area (Å²) in [4.78, 5) is 34.5. The van der Waals surface area contributed by atoms with Gasteiger partial charge in [0.25, 0.3) is 0 Å². The molecule has 1 aliphatic heterocycles. The van der Waals surface area contributed by atoms with Crippen LogP contribution >= 0.6 is 11.6 Å². The summed E-state index contributed by atoms with van der Waals surface area (Å²) in [5.41, 5.74) is 7.16. The zero-order valence-electron chi connectivity index (χ0n) is 14.6. The molecule has 6 nitrogen and oxygen atoms in total. The number of hydrogen-bond donors (Lipinski definition) is 1. The minimum absolute atomic E-state index is 0.0909. The fourth-order valence-electron chi connectivity index (χ4n) is 2.91. The number of guanidine groups is 1. The fourth-order valence-corrected chi connectivity index (χ4v) is 3.02. The van der Waals surface area contributed by atoms with Gasteiger partial charge in [0.2, 0.25) is 5.91 Å². The second-order valence-electron chi connectivity index (χ2n) is 6.54. The SMILES string of the molecule is CN1C(=O)CC(C)(c2cccc(CC(=O)c3ccc(Cl)cn3)c2)N=C1N. The Morgan fingerprint density at radius 2 is 2.12 bits per heavy atom. The largest absolute Gasteiger partial charge is 0.369 e. The van der Waals surface area contributed by atoms with Crippen LogP contribution in [0.4, 0.5) is 0 Å². The molecule has 0 aliphatic carbocycles. The first-order valence-corrected chi connectivity index (χ1v) is 8.52. The van der Waals surface area contributed by atoms with Crippen LogP contribution in [0.1, 0.15) is 35.0 Å². The Labute approximate surface area is 156 Å². The van der Waals surface area contributed by atoms with Gasteiger partial charge in [-0.25, -0.2) is 4.99 Å². The molecule has 0 saturated heterocycles. The first-order valence-electron chi connectivity index (χ1n) is 8.14. The van der Waals surface area contributed by atoms with Crippen molar-refractivity contribution in [1.29, 1.82) is 0 Å². The lowest BCUT2D eigenvalue weighted by atomic mass is 9.86. The van der Waals surface area contributed by atoms with E-state index in [0.717, 1.165) is 11.1 Å². The molecule has 1 aromatic carbocycles. The molecular formula is C19H19ClN4O2. The van der Waals surface area contributed by atoms with Crippen LogP contribution in [0.2, 0.25) is 5.02 Å². The number of benzene rings is 1. The summed E-state index contributed by atoms with van der Waals surface area (Å²) >= 11 is 5.81. The molecule has 1 aromatic heterocycles. The number of carbonyl (C=O) groups is 2. The van der Waals surface area contributed by atoms with Gasteiger partial charge in [-0.05, 0) is 30.2 Å². The van der Waals surface area contributed by atoms with Gasteiger partial charge in [-0.15, -0.1) is 0 Å². The Morgan fingerprint density at radius 1 is 1.35 bits per heavy atom. The maximum atomic E-state index is 12.4. The third-order valence-electron chi connectivity index (χ3n) is 4.50. The van der Waals surface area contributed by atoms with Crippen molar-refractivity contribution in [3.05, 3.63) is 64.4 Å². The van der Waals surface area contributed by atoms with Gasteiger partial charge in [-0.3, -0.25) is 19.5 Å². The summed E-state index contributed by atoms with van der Waals surface area (Å²) in [6, 6.07) is 10.8. The van der Waals surface area contributed by atoms with Crippen LogP contribution in [0, 0.1) is 0 Å². The van der Waals surface area contributed by atoms with Crippen molar-refractivity contribution in [2.75, 3.05) is 7.05 Å². The van der Waals surface area contributed by atoms with Crippen molar-refractivity contribution in [2.24, 2.45) is 10.7 Å². The first kappa shape index (κ1) is 18.1. The highest BCUT2D eigenvalue weighted by molar-refractivity contribution is 6.30. The zero-order valence-corrected chi connectivity index (χ0v) is 15.3. The van der Waals surface area contributed by atoms with E-state index in [1.54, 1.807) is 19.2 Å². The van der Waals surface area contributed by atoms with Crippen LogP contribution in [0.25, 0.3) is 0 Å². The van der Waals surface area contributed by atoms with Gasteiger partial charge >= 0.3 is 0 Å². The van der Waals surface area contributed by atoms with Gasteiger partial charge in [0, 0.05) is 19.7 Å². The van der Waals surface area contributed by atoms with Gasteiger partial charge in [0.1, 0.15) is 5.69 Å². The van der Waals surface area contributed by atoms with Gasteiger partial charge in [0.05, 0.1) is 17.0 Å². The Morgan fingerprint density at radius 3 is 2.77 bits per heavy atom. The summed E-state index contributed by atoms with van der Waals surface area (Å²) in [5, 5.41) is 0.485. The summed E-state index contributed by atoms with van der Waals surface area (Å²) in [7, 11) is 1.61. The van der Waals surface area contributed by atoms with Crippen LogP contribution < -0.4 is 5.73 Å². The van der Waals surface area contributed by atoms with E-state index in [1.165, 1.54) is 11.1 Å². The highest BCUT2D eigenvalue weighted by Crippen LogP contribution is 2.33. The highest BCUT2D eigenvalue weighted by atomic mass is 35.5. The number of carbonyl (C=O) groups excluding carboxylic acids is 2. The molecule has 1 unspecified atom stereocenters. The average Bonchev–Trinajstić information content (AvgIpc) is 2.60. The molecule has 7 heteroatoms. The molecule has 1 aliphatic rings. The second-order valence-corrected chi connectivity index (χ2v) is 6.97. The number of amides is 1. The molecular weight excluding hydrogens is 352 g/mol. The van der Waals surface area contributed by atoms with Crippen LogP contribution in [0.15, 0.2) is 47.6 Å². The van der Waals surface area contributed by atoms with E-state index < -0.39 is 5.54 Å².